The smallest absolute Gasteiger partial charge is 0.190 e. The van der Waals surface area contributed by atoms with Gasteiger partial charge in [0, 0.05) is 26.7 Å². The third-order valence-electron chi connectivity index (χ3n) is 4.72. The average molecular weight is 460 g/mol. The third-order valence-corrected chi connectivity index (χ3v) is 4.72. The maximum atomic E-state index is 5.44. The predicted molar refractivity (Wildman–Crippen MR) is 116 cm³/mol. The van der Waals surface area contributed by atoms with E-state index in [1.807, 2.05) is 13.1 Å². The van der Waals surface area contributed by atoms with E-state index in [0.717, 1.165) is 43.7 Å². The lowest BCUT2D eigenvalue weighted by molar-refractivity contribution is 0.342. The van der Waals surface area contributed by atoms with Crippen LogP contribution in [0.15, 0.2) is 23.2 Å². The number of aryl methyl sites for hydroxylation is 1. The topological polar surface area (TPSA) is 48.9 Å². The maximum Gasteiger partial charge on any atom is 0.190 e. The predicted octanol–water partition coefficient (Wildman–Crippen LogP) is 2.67. The van der Waals surface area contributed by atoms with Crippen molar-refractivity contribution in [3.63, 3.8) is 0 Å². The molecule has 25 heavy (non-hydrogen) atoms. The molecular formula is C19H33IN4O. The fourth-order valence-corrected chi connectivity index (χ4v) is 3.25. The lowest BCUT2D eigenvalue weighted by Gasteiger charge is -2.17. The largest absolute Gasteiger partial charge is 0.496 e. The van der Waals surface area contributed by atoms with Gasteiger partial charge in [-0.25, -0.2) is 0 Å². The molecule has 1 atom stereocenters. The number of rotatable bonds is 7. The molecule has 1 fully saturated rings. The van der Waals surface area contributed by atoms with Crippen LogP contribution in [0.1, 0.15) is 24.5 Å². The Morgan fingerprint density at radius 2 is 2.16 bits per heavy atom. The average Bonchev–Trinajstić information content (AvgIpc) is 3.06. The van der Waals surface area contributed by atoms with Crippen molar-refractivity contribution in [2.75, 3.05) is 46.9 Å². The van der Waals surface area contributed by atoms with Crippen LogP contribution in [0.3, 0.4) is 0 Å². The van der Waals surface area contributed by atoms with Gasteiger partial charge in [0.15, 0.2) is 5.96 Å². The number of ether oxygens (including phenoxy) is 1. The van der Waals surface area contributed by atoms with Crippen molar-refractivity contribution in [2.45, 2.75) is 26.7 Å². The summed E-state index contributed by atoms with van der Waals surface area (Å²) >= 11 is 0. The molecule has 1 aliphatic heterocycles. The summed E-state index contributed by atoms with van der Waals surface area (Å²) in [6, 6.07) is 6.31. The fourth-order valence-electron chi connectivity index (χ4n) is 3.25. The van der Waals surface area contributed by atoms with Gasteiger partial charge in [0.1, 0.15) is 5.75 Å². The normalized spacial score (nSPS) is 17.9. The van der Waals surface area contributed by atoms with Crippen molar-refractivity contribution in [2.24, 2.45) is 10.9 Å². The molecule has 2 rings (SSSR count). The number of guanidine groups is 1. The zero-order valence-corrected chi connectivity index (χ0v) is 18.3. The minimum atomic E-state index is 0. The number of likely N-dealkylation sites (tertiary alicyclic amines) is 1. The number of hydrogen-bond donors (Lipinski definition) is 2. The molecule has 0 bridgehead atoms. The first kappa shape index (κ1) is 22.0. The molecule has 142 valence electrons. The molecule has 0 radical (unpaired) electrons. The summed E-state index contributed by atoms with van der Waals surface area (Å²) in [5.74, 6) is 2.56. The second-order valence-electron chi connectivity index (χ2n) is 6.49. The Morgan fingerprint density at radius 3 is 2.80 bits per heavy atom. The van der Waals surface area contributed by atoms with E-state index in [0.29, 0.717) is 0 Å². The molecule has 0 spiro atoms. The highest BCUT2D eigenvalue weighted by molar-refractivity contribution is 14.0. The first-order valence-electron chi connectivity index (χ1n) is 8.96. The summed E-state index contributed by atoms with van der Waals surface area (Å²) in [6.45, 7) is 9.74. The van der Waals surface area contributed by atoms with Gasteiger partial charge >= 0.3 is 0 Å². The van der Waals surface area contributed by atoms with Gasteiger partial charge < -0.3 is 20.3 Å². The van der Waals surface area contributed by atoms with E-state index in [-0.39, 0.29) is 24.0 Å². The van der Waals surface area contributed by atoms with E-state index in [9.17, 15) is 0 Å². The summed E-state index contributed by atoms with van der Waals surface area (Å²) in [5, 5.41) is 6.87. The molecule has 6 heteroatoms. The van der Waals surface area contributed by atoms with Crippen LogP contribution in [0.25, 0.3) is 0 Å². The van der Waals surface area contributed by atoms with Crippen molar-refractivity contribution in [3.05, 3.63) is 29.3 Å². The highest BCUT2D eigenvalue weighted by Crippen LogP contribution is 2.19. The van der Waals surface area contributed by atoms with Crippen LogP contribution in [-0.4, -0.2) is 57.7 Å². The Labute approximate surface area is 169 Å². The van der Waals surface area contributed by atoms with Crippen molar-refractivity contribution in [1.29, 1.82) is 0 Å². The summed E-state index contributed by atoms with van der Waals surface area (Å²) in [5.41, 5.74) is 2.49. The minimum Gasteiger partial charge on any atom is -0.496 e. The SMILES string of the molecule is CCN1CCC(CNC(=NC)NCCc2cc(C)ccc2OC)C1.I. The van der Waals surface area contributed by atoms with Crippen LogP contribution in [0.5, 0.6) is 5.75 Å². The molecule has 0 aromatic heterocycles. The number of nitrogens with zero attached hydrogens (tertiary/aromatic N) is 2. The molecule has 0 aliphatic carbocycles. The standard InChI is InChI=1S/C19H32N4O.HI/c1-5-23-11-9-16(14-23)13-22-19(20-3)21-10-8-17-12-15(2)6-7-18(17)24-4;/h6-7,12,16H,5,8-11,13-14H2,1-4H3,(H2,20,21,22);1H. The van der Waals surface area contributed by atoms with Gasteiger partial charge in [0.2, 0.25) is 0 Å². The number of benzene rings is 1. The zero-order chi connectivity index (χ0) is 17.4. The van der Waals surface area contributed by atoms with Crippen LogP contribution in [0.2, 0.25) is 0 Å². The number of methoxy groups -OCH3 is 1. The Morgan fingerprint density at radius 1 is 1.36 bits per heavy atom. The Balaban J connectivity index is 0.00000312. The van der Waals surface area contributed by atoms with Gasteiger partial charge in [0.25, 0.3) is 0 Å². The summed E-state index contributed by atoms with van der Waals surface area (Å²) in [6.07, 6.45) is 2.19. The van der Waals surface area contributed by atoms with Crippen molar-refractivity contribution in [1.82, 2.24) is 15.5 Å². The van der Waals surface area contributed by atoms with Crippen LogP contribution in [0, 0.1) is 12.8 Å². The molecule has 0 amide bonds. The van der Waals surface area contributed by atoms with Gasteiger partial charge in [-0.3, -0.25) is 4.99 Å². The zero-order valence-electron chi connectivity index (χ0n) is 16.0. The molecule has 0 saturated carbocycles. The molecule has 1 saturated heterocycles. The molecule has 2 N–H and O–H groups in total. The number of halogens is 1. The first-order chi connectivity index (χ1) is 11.7. The lowest BCUT2D eigenvalue weighted by atomic mass is 10.1. The molecule has 1 heterocycles. The van der Waals surface area contributed by atoms with E-state index in [1.54, 1.807) is 7.11 Å². The molecular weight excluding hydrogens is 427 g/mol. The molecule has 1 aliphatic rings. The molecule has 1 aromatic rings. The van der Waals surface area contributed by atoms with E-state index < -0.39 is 0 Å². The summed E-state index contributed by atoms with van der Waals surface area (Å²) in [7, 11) is 3.55. The van der Waals surface area contributed by atoms with Crippen LogP contribution < -0.4 is 15.4 Å². The van der Waals surface area contributed by atoms with Crippen LogP contribution in [-0.2, 0) is 6.42 Å². The van der Waals surface area contributed by atoms with Crippen LogP contribution in [0.4, 0.5) is 0 Å². The summed E-state index contributed by atoms with van der Waals surface area (Å²) < 4.78 is 5.44. The Hall–Kier alpha value is -1.02. The van der Waals surface area contributed by atoms with Crippen LogP contribution >= 0.6 is 24.0 Å². The van der Waals surface area contributed by atoms with Gasteiger partial charge in [-0.2, -0.15) is 0 Å². The monoisotopic (exact) mass is 460 g/mol. The second kappa shape index (κ2) is 11.6. The number of aliphatic imine (C=N–C) groups is 1. The van der Waals surface area contributed by atoms with Gasteiger partial charge in [0.05, 0.1) is 7.11 Å². The van der Waals surface area contributed by atoms with E-state index >= 15 is 0 Å². The Kier molecular flexibility index (Phi) is 10.2. The van der Waals surface area contributed by atoms with Gasteiger partial charge in [-0.05, 0) is 50.4 Å². The number of nitrogens with one attached hydrogen (secondary N) is 2. The molecule has 1 aromatic carbocycles. The maximum absolute atomic E-state index is 5.44. The highest BCUT2D eigenvalue weighted by Gasteiger charge is 2.20. The van der Waals surface area contributed by atoms with Gasteiger partial charge in [-0.1, -0.05) is 24.6 Å². The van der Waals surface area contributed by atoms with E-state index in [4.69, 9.17) is 4.74 Å². The molecule has 1 unspecified atom stereocenters. The van der Waals surface area contributed by atoms with Gasteiger partial charge in [-0.15, -0.1) is 24.0 Å². The quantitative estimate of drug-likeness (QED) is 0.373. The minimum absolute atomic E-state index is 0. The van der Waals surface area contributed by atoms with Crippen molar-refractivity contribution < 1.29 is 4.74 Å². The van der Waals surface area contributed by atoms with Crippen molar-refractivity contribution >= 4 is 29.9 Å². The van der Waals surface area contributed by atoms with E-state index in [2.05, 4.69) is 46.5 Å². The van der Waals surface area contributed by atoms with Crippen molar-refractivity contribution in [3.8, 4) is 5.75 Å². The lowest BCUT2D eigenvalue weighted by Crippen LogP contribution is -2.41. The third kappa shape index (κ3) is 7.01. The van der Waals surface area contributed by atoms with E-state index in [1.165, 1.54) is 30.6 Å². The number of hydrogen-bond acceptors (Lipinski definition) is 3. The highest BCUT2D eigenvalue weighted by atomic mass is 127. The second-order valence-corrected chi connectivity index (χ2v) is 6.49. The molecule has 5 nitrogen and oxygen atoms in total. The fraction of sp³-hybridized carbons (Fsp3) is 0.632. The Bertz CT molecular complexity index is 550. The first-order valence-corrected chi connectivity index (χ1v) is 8.96. The summed E-state index contributed by atoms with van der Waals surface area (Å²) in [4.78, 5) is 6.84.